The average molecular weight is 236 g/mol. The van der Waals surface area contributed by atoms with Gasteiger partial charge in [-0.1, -0.05) is 19.3 Å². The number of carbonyl (C=O) groups excluding carboxylic acids is 1. The van der Waals surface area contributed by atoms with E-state index in [9.17, 15) is 4.79 Å². The first kappa shape index (κ1) is 14.7. The van der Waals surface area contributed by atoms with Crippen LogP contribution in [0.25, 0.3) is 0 Å². The zero-order chi connectivity index (χ0) is 10.6. The smallest absolute Gasteiger partial charge is 0.236 e. The second-order valence-corrected chi connectivity index (χ2v) is 4.43. The van der Waals surface area contributed by atoms with Crippen LogP contribution in [0.15, 0.2) is 0 Å². The Hall–Kier alpha value is -0.320. The summed E-state index contributed by atoms with van der Waals surface area (Å²) in [4.78, 5) is 11.2. The monoisotopic (exact) mass is 235 g/mol. The lowest BCUT2D eigenvalue weighted by Gasteiger charge is -2.33. The third kappa shape index (κ3) is 4.82. The Labute approximate surface area is 97.6 Å². The molecule has 1 aliphatic carbocycles. The van der Waals surface area contributed by atoms with Gasteiger partial charge in [-0.3, -0.25) is 4.79 Å². The SMILES string of the molecule is C[C@@H](N)C(=O)NCC1(N)CCCCC1.Cl. The molecule has 1 aliphatic rings. The van der Waals surface area contributed by atoms with Gasteiger partial charge in [-0.25, -0.2) is 0 Å². The summed E-state index contributed by atoms with van der Waals surface area (Å²) >= 11 is 0. The van der Waals surface area contributed by atoms with Crippen LogP contribution in [-0.4, -0.2) is 24.0 Å². The first-order chi connectivity index (χ1) is 6.53. The van der Waals surface area contributed by atoms with Crippen LogP contribution in [0.5, 0.6) is 0 Å². The summed E-state index contributed by atoms with van der Waals surface area (Å²) in [5, 5.41) is 2.80. The molecule has 0 unspecified atom stereocenters. The summed E-state index contributed by atoms with van der Waals surface area (Å²) < 4.78 is 0. The molecule has 5 heteroatoms. The highest BCUT2D eigenvalue weighted by Gasteiger charge is 2.27. The molecule has 0 spiro atoms. The number of amides is 1. The fraction of sp³-hybridized carbons (Fsp3) is 0.900. The number of nitrogens with one attached hydrogen (secondary N) is 1. The molecule has 0 saturated heterocycles. The van der Waals surface area contributed by atoms with Gasteiger partial charge in [-0.2, -0.15) is 0 Å². The maximum Gasteiger partial charge on any atom is 0.236 e. The molecule has 1 amide bonds. The standard InChI is InChI=1S/C10H21N3O.ClH/c1-8(11)9(14)13-7-10(12)5-3-2-4-6-10;/h8H,2-7,11-12H2,1H3,(H,13,14);1H/t8-;/m1./s1. The highest BCUT2D eigenvalue weighted by atomic mass is 35.5. The van der Waals surface area contributed by atoms with Crippen molar-refractivity contribution >= 4 is 18.3 Å². The molecule has 1 atom stereocenters. The lowest BCUT2D eigenvalue weighted by atomic mass is 9.82. The van der Waals surface area contributed by atoms with E-state index in [1.807, 2.05) is 0 Å². The molecule has 0 aliphatic heterocycles. The second-order valence-electron chi connectivity index (χ2n) is 4.43. The number of nitrogens with two attached hydrogens (primary N) is 2. The van der Waals surface area contributed by atoms with Crippen LogP contribution >= 0.6 is 12.4 Å². The Kier molecular flexibility index (Phi) is 6.17. The van der Waals surface area contributed by atoms with Crippen LogP contribution < -0.4 is 16.8 Å². The van der Waals surface area contributed by atoms with Crippen molar-refractivity contribution in [2.24, 2.45) is 11.5 Å². The fourth-order valence-corrected chi connectivity index (χ4v) is 1.86. The molecule has 5 N–H and O–H groups in total. The minimum Gasteiger partial charge on any atom is -0.353 e. The van der Waals surface area contributed by atoms with Gasteiger partial charge in [0.2, 0.25) is 5.91 Å². The minimum atomic E-state index is -0.442. The van der Waals surface area contributed by atoms with Crippen molar-refractivity contribution < 1.29 is 4.79 Å². The molecule has 4 nitrogen and oxygen atoms in total. The van der Waals surface area contributed by atoms with Crippen LogP contribution in [0.4, 0.5) is 0 Å². The Morgan fingerprint density at radius 1 is 1.40 bits per heavy atom. The summed E-state index contributed by atoms with van der Waals surface area (Å²) in [6.45, 7) is 2.24. The average Bonchev–Trinajstić information content (AvgIpc) is 2.15. The van der Waals surface area contributed by atoms with Crippen molar-refractivity contribution in [1.29, 1.82) is 0 Å². The summed E-state index contributed by atoms with van der Waals surface area (Å²) in [5.41, 5.74) is 11.4. The van der Waals surface area contributed by atoms with Gasteiger partial charge in [-0.05, 0) is 19.8 Å². The summed E-state index contributed by atoms with van der Waals surface area (Å²) in [7, 11) is 0. The van der Waals surface area contributed by atoms with E-state index in [4.69, 9.17) is 11.5 Å². The van der Waals surface area contributed by atoms with E-state index < -0.39 is 6.04 Å². The van der Waals surface area contributed by atoms with Gasteiger partial charge in [0.25, 0.3) is 0 Å². The zero-order valence-electron chi connectivity index (χ0n) is 9.29. The minimum absolute atomic E-state index is 0. The number of hydrogen-bond donors (Lipinski definition) is 3. The fourth-order valence-electron chi connectivity index (χ4n) is 1.86. The topological polar surface area (TPSA) is 81.1 Å². The zero-order valence-corrected chi connectivity index (χ0v) is 10.1. The predicted molar refractivity (Wildman–Crippen MR) is 63.9 cm³/mol. The van der Waals surface area contributed by atoms with Crippen LogP contribution in [0.3, 0.4) is 0 Å². The van der Waals surface area contributed by atoms with Gasteiger partial charge in [0.05, 0.1) is 6.04 Å². The number of hydrogen-bond acceptors (Lipinski definition) is 3. The van der Waals surface area contributed by atoms with Gasteiger partial charge in [0.15, 0.2) is 0 Å². The molecular formula is C10H22ClN3O. The molecule has 0 aromatic heterocycles. The van der Waals surface area contributed by atoms with E-state index in [-0.39, 0.29) is 23.9 Å². The van der Waals surface area contributed by atoms with Crippen molar-refractivity contribution in [2.45, 2.75) is 50.6 Å². The highest BCUT2D eigenvalue weighted by Crippen LogP contribution is 2.24. The van der Waals surface area contributed by atoms with E-state index in [1.165, 1.54) is 19.3 Å². The van der Waals surface area contributed by atoms with Gasteiger partial charge >= 0.3 is 0 Å². The Balaban J connectivity index is 0.00000196. The molecule has 0 bridgehead atoms. The highest BCUT2D eigenvalue weighted by molar-refractivity contribution is 5.85. The van der Waals surface area contributed by atoms with E-state index in [2.05, 4.69) is 5.32 Å². The summed E-state index contributed by atoms with van der Waals surface area (Å²) in [5.74, 6) is -0.111. The largest absolute Gasteiger partial charge is 0.353 e. The van der Waals surface area contributed by atoms with E-state index in [0.717, 1.165) is 12.8 Å². The van der Waals surface area contributed by atoms with E-state index in [1.54, 1.807) is 6.92 Å². The molecule has 1 rings (SSSR count). The van der Waals surface area contributed by atoms with Gasteiger partial charge in [0, 0.05) is 12.1 Å². The molecule has 1 saturated carbocycles. The first-order valence-corrected chi connectivity index (χ1v) is 5.36. The Bertz CT molecular complexity index is 203. The van der Waals surface area contributed by atoms with Crippen LogP contribution in [0, 0.1) is 0 Å². The molecule has 0 aromatic rings. The Morgan fingerprint density at radius 2 is 1.93 bits per heavy atom. The van der Waals surface area contributed by atoms with Crippen molar-refractivity contribution in [2.75, 3.05) is 6.54 Å². The van der Waals surface area contributed by atoms with Crippen LogP contribution in [0.2, 0.25) is 0 Å². The van der Waals surface area contributed by atoms with Gasteiger partial charge < -0.3 is 16.8 Å². The molecule has 1 fully saturated rings. The van der Waals surface area contributed by atoms with Crippen molar-refractivity contribution in [3.8, 4) is 0 Å². The van der Waals surface area contributed by atoms with Crippen molar-refractivity contribution in [3.63, 3.8) is 0 Å². The molecule has 0 aromatic carbocycles. The summed E-state index contributed by atoms with van der Waals surface area (Å²) in [6.07, 6.45) is 5.62. The molecular weight excluding hydrogens is 214 g/mol. The number of halogens is 1. The number of rotatable bonds is 3. The molecule has 0 radical (unpaired) electrons. The Morgan fingerprint density at radius 3 is 2.40 bits per heavy atom. The van der Waals surface area contributed by atoms with Gasteiger partial charge in [-0.15, -0.1) is 12.4 Å². The normalized spacial score (nSPS) is 21.3. The summed E-state index contributed by atoms with van der Waals surface area (Å²) in [6, 6.07) is -0.442. The van der Waals surface area contributed by atoms with Crippen molar-refractivity contribution in [1.82, 2.24) is 5.32 Å². The third-order valence-corrected chi connectivity index (χ3v) is 2.88. The quantitative estimate of drug-likeness (QED) is 0.668. The maximum atomic E-state index is 11.2. The first-order valence-electron chi connectivity index (χ1n) is 5.36. The third-order valence-electron chi connectivity index (χ3n) is 2.88. The van der Waals surface area contributed by atoms with Gasteiger partial charge in [0.1, 0.15) is 0 Å². The predicted octanol–water partition coefficient (Wildman–Crippen LogP) is 0.533. The van der Waals surface area contributed by atoms with Crippen molar-refractivity contribution in [3.05, 3.63) is 0 Å². The molecule has 90 valence electrons. The van der Waals surface area contributed by atoms with E-state index >= 15 is 0 Å². The second kappa shape index (κ2) is 6.30. The molecule has 15 heavy (non-hydrogen) atoms. The lowest BCUT2D eigenvalue weighted by molar-refractivity contribution is -0.122. The molecule has 0 heterocycles. The van der Waals surface area contributed by atoms with Crippen LogP contribution in [-0.2, 0) is 4.79 Å². The van der Waals surface area contributed by atoms with Crippen LogP contribution in [0.1, 0.15) is 39.0 Å². The van der Waals surface area contributed by atoms with E-state index in [0.29, 0.717) is 6.54 Å². The lowest BCUT2D eigenvalue weighted by Crippen LogP contribution is -2.53. The number of carbonyl (C=O) groups is 1. The maximum absolute atomic E-state index is 11.2.